The number of benzene rings is 2. The van der Waals surface area contributed by atoms with Crippen molar-refractivity contribution in [2.75, 3.05) is 11.9 Å². The minimum atomic E-state index is -0.176. The topological polar surface area (TPSA) is 53.5 Å². The molecule has 0 fully saturated rings. The van der Waals surface area contributed by atoms with Crippen LogP contribution in [0.5, 0.6) is 0 Å². The minimum Gasteiger partial charge on any atom is -0.376 e. The number of rotatable bonds is 5. The maximum Gasteiger partial charge on any atom is 0.259 e. The van der Waals surface area contributed by atoms with Crippen molar-refractivity contribution < 1.29 is 4.79 Å². The van der Waals surface area contributed by atoms with Gasteiger partial charge in [0.1, 0.15) is 0 Å². The van der Waals surface area contributed by atoms with Crippen molar-refractivity contribution in [3.63, 3.8) is 0 Å². The third-order valence-corrected chi connectivity index (χ3v) is 3.04. The van der Waals surface area contributed by atoms with Crippen LogP contribution in [0.3, 0.4) is 0 Å². The smallest absolute Gasteiger partial charge is 0.259 e. The molecule has 4 heteroatoms. The summed E-state index contributed by atoms with van der Waals surface area (Å²) in [6, 6.07) is 17.6. The molecule has 0 aliphatic heterocycles. The second-order valence-corrected chi connectivity index (χ2v) is 4.82. The Labute approximate surface area is 124 Å². The molecule has 1 amide bonds. The lowest BCUT2D eigenvalue weighted by Crippen LogP contribution is -2.26. The molecule has 108 valence electrons. The molecule has 0 atom stereocenters. The monoisotopic (exact) mass is 281 g/mol. The van der Waals surface area contributed by atoms with Crippen molar-refractivity contribution in [3.05, 3.63) is 65.7 Å². The largest absolute Gasteiger partial charge is 0.376 e. The number of nitrogens with one attached hydrogen (secondary N) is 2. The maximum absolute atomic E-state index is 11.7. The standard InChI is InChI=1S/C17H19N3O/c1-13-8-10-15(11-9-13)14(2)19-20-17(21)12-18-16-6-4-3-5-7-16/h3-11,18H,12H2,1-2H3,(H,20,21)/b19-14-. The quantitative estimate of drug-likeness (QED) is 0.654. The van der Waals surface area contributed by atoms with Gasteiger partial charge in [0.25, 0.3) is 5.91 Å². The fourth-order valence-corrected chi connectivity index (χ4v) is 1.78. The molecule has 0 spiro atoms. The molecule has 0 saturated heterocycles. The van der Waals surface area contributed by atoms with E-state index in [9.17, 15) is 4.79 Å². The number of nitrogens with zero attached hydrogens (tertiary/aromatic N) is 1. The van der Waals surface area contributed by atoms with Gasteiger partial charge in [0.05, 0.1) is 12.3 Å². The summed E-state index contributed by atoms with van der Waals surface area (Å²) in [5, 5.41) is 7.15. The Morgan fingerprint density at radius 2 is 1.71 bits per heavy atom. The van der Waals surface area contributed by atoms with Crippen molar-refractivity contribution in [2.24, 2.45) is 5.10 Å². The fraction of sp³-hybridized carbons (Fsp3) is 0.176. The van der Waals surface area contributed by atoms with Crippen LogP contribution in [0.1, 0.15) is 18.1 Å². The Morgan fingerprint density at radius 1 is 1.05 bits per heavy atom. The van der Waals surface area contributed by atoms with E-state index in [0.29, 0.717) is 0 Å². The molecule has 0 aliphatic rings. The third kappa shape index (κ3) is 4.76. The van der Waals surface area contributed by atoms with Gasteiger partial charge in [0.15, 0.2) is 0 Å². The van der Waals surface area contributed by atoms with Gasteiger partial charge in [-0.15, -0.1) is 0 Å². The second-order valence-electron chi connectivity index (χ2n) is 4.82. The number of hydrazone groups is 1. The van der Waals surface area contributed by atoms with Crippen LogP contribution in [0.4, 0.5) is 5.69 Å². The van der Waals surface area contributed by atoms with Crippen LogP contribution >= 0.6 is 0 Å². The summed E-state index contributed by atoms with van der Waals surface area (Å²) in [4.78, 5) is 11.7. The van der Waals surface area contributed by atoms with Crippen LogP contribution in [0.2, 0.25) is 0 Å². The molecule has 2 N–H and O–H groups in total. The molecule has 0 aromatic heterocycles. The average Bonchev–Trinajstić information content (AvgIpc) is 2.52. The first-order valence-corrected chi connectivity index (χ1v) is 6.84. The van der Waals surface area contributed by atoms with Gasteiger partial charge >= 0.3 is 0 Å². The molecule has 2 aromatic carbocycles. The lowest BCUT2D eigenvalue weighted by molar-refractivity contribution is -0.119. The fourth-order valence-electron chi connectivity index (χ4n) is 1.78. The normalized spacial score (nSPS) is 11.0. The summed E-state index contributed by atoms with van der Waals surface area (Å²) in [6.45, 7) is 4.09. The van der Waals surface area contributed by atoms with Gasteiger partial charge in [-0.25, -0.2) is 5.43 Å². The summed E-state index contributed by atoms with van der Waals surface area (Å²) < 4.78 is 0. The zero-order valence-electron chi connectivity index (χ0n) is 12.3. The molecule has 0 heterocycles. The van der Waals surface area contributed by atoms with Crippen molar-refractivity contribution in [1.82, 2.24) is 5.43 Å². The van der Waals surface area contributed by atoms with Gasteiger partial charge < -0.3 is 5.32 Å². The molecule has 4 nitrogen and oxygen atoms in total. The summed E-state index contributed by atoms with van der Waals surface area (Å²) in [5.41, 5.74) is 6.44. The molecule has 0 radical (unpaired) electrons. The number of carbonyl (C=O) groups excluding carboxylic acids is 1. The van der Waals surface area contributed by atoms with Crippen LogP contribution in [0.15, 0.2) is 59.7 Å². The SMILES string of the molecule is C/C(=N/NC(=O)CNc1ccccc1)c1ccc(C)cc1. The number of carbonyl (C=O) groups is 1. The van der Waals surface area contributed by atoms with Crippen LogP contribution in [-0.4, -0.2) is 18.2 Å². The summed E-state index contributed by atoms with van der Waals surface area (Å²) in [5.74, 6) is -0.176. The predicted octanol–water partition coefficient (Wildman–Crippen LogP) is 2.95. The number of anilines is 1. The maximum atomic E-state index is 11.7. The predicted molar refractivity (Wildman–Crippen MR) is 86.5 cm³/mol. The van der Waals surface area contributed by atoms with E-state index in [-0.39, 0.29) is 12.5 Å². The first-order valence-electron chi connectivity index (χ1n) is 6.84. The lowest BCUT2D eigenvalue weighted by Gasteiger charge is -2.06. The molecule has 0 unspecified atom stereocenters. The summed E-state index contributed by atoms with van der Waals surface area (Å²) >= 11 is 0. The molecular formula is C17H19N3O. The molecule has 21 heavy (non-hydrogen) atoms. The van der Waals surface area contributed by atoms with Gasteiger partial charge in [-0.2, -0.15) is 5.10 Å². The van der Waals surface area contributed by atoms with Crippen molar-refractivity contribution >= 4 is 17.3 Å². The lowest BCUT2D eigenvalue weighted by atomic mass is 10.1. The first-order chi connectivity index (χ1) is 10.1. The van der Waals surface area contributed by atoms with E-state index < -0.39 is 0 Å². The third-order valence-electron chi connectivity index (χ3n) is 3.04. The van der Waals surface area contributed by atoms with Crippen molar-refractivity contribution in [3.8, 4) is 0 Å². The number of hydrogen-bond donors (Lipinski definition) is 2. The highest BCUT2D eigenvalue weighted by atomic mass is 16.2. The van der Waals surface area contributed by atoms with E-state index in [1.54, 1.807) is 0 Å². The summed E-state index contributed by atoms with van der Waals surface area (Å²) in [6.07, 6.45) is 0. The highest BCUT2D eigenvalue weighted by Gasteiger charge is 2.01. The second kappa shape index (κ2) is 7.24. The van der Waals surface area contributed by atoms with Crippen LogP contribution < -0.4 is 10.7 Å². The Bertz CT molecular complexity index is 618. The van der Waals surface area contributed by atoms with Crippen molar-refractivity contribution in [2.45, 2.75) is 13.8 Å². The molecular weight excluding hydrogens is 262 g/mol. The zero-order chi connectivity index (χ0) is 15.1. The van der Waals surface area contributed by atoms with Crippen molar-refractivity contribution in [1.29, 1.82) is 0 Å². The van der Waals surface area contributed by atoms with E-state index in [0.717, 1.165) is 17.0 Å². The van der Waals surface area contributed by atoms with Gasteiger partial charge in [-0.05, 0) is 31.5 Å². The van der Waals surface area contributed by atoms with E-state index in [1.165, 1.54) is 5.56 Å². The van der Waals surface area contributed by atoms with E-state index >= 15 is 0 Å². The molecule has 2 aromatic rings. The zero-order valence-corrected chi connectivity index (χ0v) is 12.3. The van der Waals surface area contributed by atoms with E-state index in [2.05, 4.69) is 15.8 Å². The van der Waals surface area contributed by atoms with Crippen LogP contribution in [0.25, 0.3) is 0 Å². The summed E-state index contributed by atoms with van der Waals surface area (Å²) in [7, 11) is 0. The van der Waals surface area contributed by atoms with Gasteiger partial charge in [0, 0.05) is 5.69 Å². The Hall–Kier alpha value is -2.62. The van der Waals surface area contributed by atoms with Crippen LogP contribution in [0, 0.1) is 6.92 Å². The number of hydrogen-bond acceptors (Lipinski definition) is 3. The number of amides is 1. The molecule has 0 aliphatic carbocycles. The highest BCUT2D eigenvalue weighted by molar-refractivity contribution is 5.99. The minimum absolute atomic E-state index is 0.176. The van der Waals surface area contributed by atoms with E-state index in [1.807, 2.05) is 68.4 Å². The first kappa shape index (κ1) is 14.8. The molecule has 2 rings (SSSR count). The van der Waals surface area contributed by atoms with Gasteiger partial charge in [-0.3, -0.25) is 4.79 Å². The molecule has 0 saturated carbocycles. The average molecular weight is 281 g/mol. The number of aryl methyl sites for hydroxylation is 1. The highest BCUT2D eigenvalue weighted by Crippen LogP contribution is 2.05. The van der Waals surface area contributed by atoms with Gasteiger partial charge in [-0.1, -0.05) is 48.0 Å². The van der Waals surface area contributed by atoms with Crippen LogP contribution in [-0.2, 0) is 4.79 Å². The Morgan fingerprint density at radius 3 is 2.38 bits per heavy atom. The Kier molecular flexibility index (Phi) is 5.10. The van der Waals surface area contributed by atoms with Gasteiger partial charge in [0.2, 0.25) is 0 Å². The Balaban J connectivity index is 1.85. The number of para-hydroxylation sites is 1. The molecule has 0 bridgehead atoms. The van der Waals surface area contributed by atoms with E-state index in [4.69, 9.17) is 0 Å².